The van der Waals surface area contributed by atoms with Crippen LogP contribution in [0.15, 0.2) is 0 Å². The minimum atomic E-state index is -0.754. The van der Waals surface area contributed by atoms with Gasteiger partial charge in [-0.05, 0) is 12.8 Å². The average molecular weight is 188 g/mol. The topological polar surface area (TPSA) is 49.7 Å². The van der Waals surface area contributed by atoms with E-state index in [0.717, 1.165) is 12.8 Å². The predicted octanol–water partition coefficient (Wildman–Crippen LogP) is 1.43. The van der Waals surface area contributed by atoms with E-state index in [1.807, 2.05) is 0 Å². The number of ether oxygens (including phenoxy) is 1. The number of hydrogen-bond donors (Lipinski definition) is 2. The number of aliphatic hydroxyl groups excluding tert-OH is 2. The van der Waals surface area contributed by atoms with E-state index in [1.54, 1.807) is 0 Å². The molecule has 1 aliphatic heterocycles. The van der Waals surface area contributed by atoms with Gasteiger partial charge in [-0.1, -0.05) is 26.2 Å². The zero-order chi connectivity index (χ0) is 9.68. The molecule has 1 saturated heterocycles. The van der Waals surface area contributed by atoms with Gasteiger partial charge >= 0.3 is 0 Å². The Bertz CT molecular complexity index is 128. The molecule has 0 aromatic heterocycles. The monoisotopic (exact) mass is 188 g/mol. The summed E-state index contributed by atoms with van der Waals surface area (Å²) < 4.78 is 5.30. The van der Waals surface area contributed by atoms with Crippen LogP contribution in [0.3, 0.4) is 0 Å². The molecular weight excluding hydrogens is 168 g/mol. The maximum absolute atomic E-state index is 9.37. The quantitative estimate of drug-likeness (QED) is 0.656. The summed E-state index contributed by atoms with van der Waals surface area (Å²) in [5, 5.41) is 18.6. The van der Waals surface area contributed by atoms with Crippen LogP contribution in [0.2, 0.25) is 0 Å². The Kier molecular flexibility index (Phi) is 4.70. The van der Waals surface area contributed by atoms with Gasteiger partial charge in [-0.25, -0.2) is 0 Å². The van der Waals surface area contributed by atoms with E-state index in [9.17, 15) is 10.2 Å². The molecule has 0 saturated carbocycles. The van der Waals surface area contributed by atoms with E-state index in [1.165, 1.54) is 12.8 Å². The minimum absolute atomic E-state index is 0.0605. The summed E-state index contributed by atoms with van der Waals surface area (Å²) in [5.41, 5.74) is 0. The van der Waals surface area contributed by atoms with Crippen molar-refractivity contribution in [3.8, 4) is 0 Å². The van der Waals surface area contributed by atoms with E-state index in [0.29, 0.717) is 12.8 Å². The fraction of sp³-hybridized carbons (Fsp3) is 1.00. The summed E-state index contributed by atoms with van der Waals surface area (Å²) in [7, 11) is 0. The number of rotatable bonds is 4. The second-order valence-electron chi connectivity index (χ2n) is 3.83. The largest absolute Gasteiger partial charge is 0.393 e. The molecule has 1 aliphatic rings. The lowest BCUT2D eigenvalue weighted by molar-refractivity contribution is -0.190. The van der Waals surface area contributed by atoms with E-state index in [2.05, 4.69) is 6.92 Å². The lowest BCUT2D eigenvalue weighted by atomic mass is 10.0. The van der Waals surface area contributed by atoms with Gasteiger partial charge in [-0.2, -0.15) is 0 Å². The molecule has 13 heavy (non-hydrogen) atoms. The van der Waals surface area contributed by atoms with Crippen molar-refractivity contribution in [2.75, 3.05) is 0 Å². The first kappa shape index (κ1) is 11.0. The van der Waals surface area contributed by atoms with Crippen LogP contribution in [0.25, 0.3) is 0 Å². The zero-order valence-electron chi connectivity index (χ0n) is 8.28. The van der Waals surface area contributed by atoms with Gasteiger partial charge in [-0.15, -0.1) is 0 Å². The molecule has 3 atom stereocenters. The Balaban J connectivity index is 2.17. The van der Waals surface area contributed by atoms with Gasteiger partial charge in [0, 0.05) is 6.42 Å². The number of aliphatic hydroxyl groups is 2. The lowest BCUT2D eigenvalue weighted by Gasteiger charge is -2.30. The van der Waals surface area contributed by atoms with Crippen molar-refractivity contribution in [3.05, 3.63) is 0 Å². The SMILES string of the molecule is CCCCC[C@@H]1C[C@@H](O)CC(O)O1. The van der Waals surface area contributed by atoms with E-state index in [4.69, 9.17) is 4.74 Å². The highest BCUT2D eigenvalue weighted by atomic mass is 16.6. The summed E-state index contributed by atoms with van der Waals surface area (Å²) in [5.74, 6) is 0. The van der Waals surface area contributed by atoms with E-state index < -0.39 is 6.29 Å². The molecule has 0 aliphatic carbocycles. The number of hydrogen-bond acceptors (Lipinski definition) is 3. The van der Waals surface area contributed by atoms with Gasteiger partial charge in [0.25, 0.3) is 0 Å². The van der Waals surface area contributed by atoms with Crippen molar-refractivity contribution in [1.82, 2.24) is 0 Å². The lowest BCUT2D eigenvalue weighted by Crippen LogP contribution is -2.35. The number of unbranched alkanes of at least 4 members (excludes halogenated alkanes) is 2. The van der Waals surface area contributed by atoms with Crippen LogP contribution in [-0.4, -0.2) is 28.7 Å². The summed E-state index contributed by atoms with van der Waals surface area (Å²) >= 11 is 0. The molecule has 78 valence electrons. The average Bonchev–Trinajstić information content (AvgIpc) is 2.03. The van der Waals surface area contributed by atoms with Gasteiger partial charge in [0.2, 0.25) is 0 Å². The second-order valence-corrected chi connectivity index (χ2v) is 3.83. The van der Waals surface area contributed by atoms with Crippen molar-refractivity contribution in [1.29, 1.82) is 0 Å². The van der Waals surface area contributed by atoms with Crippen LogP contribution < -0.4 is 0 Å². The van der Waals surface area contributed by atoms with Crippen LogP contribution in [0.1, 0.15) is 45.4 Å². The highest BCUT2D eigenvalue weighted by Crippen LogP contribution is 2.22. The molecule has 0 radical (unpaired) electrons. The summed E-state index contributed by atoms with van der Waals surface area (Å²) in [4.78, 5) is 0. The van der Waals surface area contributed by atoms with E-state index in [-0.39, 0.29) is 12.2 Å². The third kappa shape index (κ3) is 4.07. The molecule has 0 spiro atoms. The first-order chi connectivity index (χ1) is 6.22. The Morgan fingerprint density at radius 2 is 2.00 bits per heavy atom. The normalized spacial score (nSPS) is 34.8. The zero-order valence-corrected chi connectivity index (χ0v) is 8.28. The van der Waals surface area contributed by atoms with Crippen LogP contribution in [0, 0.1) is 0 Å². The fourth-order valence-corrected chi connectivity index (χ4v) is 1.77. The van der Waals surface area contributed by atoms with Crippen molar-refractivity contribution in [2.45, 2.75) is 63.9 Å². The van der Waals surface area contributed by atoms with E-state index >= 15 is 0 Å². The molecule has 0 aromatic carbocycles. The van der Waals surface area contributed by atoms with Crippen molar-refractivity contribution in [3.63, 3.8) is 0 Å². The predicted molar refractivity (Wildman–Crippen MR) is 50.3 cm³/mol. The molecule has 0 amide bonds. The summed E-state index contributed by atoms with van der Waals surface area (Å²) in [6.07, 6.45) is 4.45. The summed E-state index contributed by atoms with van der Waals surface area (Å²) in [6.45, 7) is 2.16. The van der Waals surface area contributed by atoms with Gasteiger partial charge in [-0.3, -0.25) is 0 Å². The highest BCUT2D eigenvalue weighted by Gasteiger charge is 2.26. The van der Waals surface area contributed by atoms with Crippen LogP contribution >= 0.6 is 0 Å². The van der Waals surface area contributed by atoms with Crippen LogP contribution in [0.4, 0.5) is 0 Å². The molecule has 3 heteroatoms. The smallest absolute Gasteiger partial charge is 0.157 e. The fourth-order valence-electron chi connectivity index (χ4n) is 1.77. The standard InChI is InChI=1S/C10H20O3/c1-2-3-4-5-9-6-8(11)7-10(12)13-9/h8-12H,2-7H2,1H3/t8-,9-,10?/m1/s1. The molecule has 1 fully saturated rings. The second kappa shape index (κ2) is 5.58. The molecule has 3 nitrogen and oxygen atoms in total. The molecule has 1 heterocycles. The molecular formula is C10H20O3. The maximum Gasteiger partial charge on any atom is 0.157 e. The van der Waals surface area contributed by atoms with Gasteiger partial charge < -0.3 is 14.9 Å². The highest BCUT2D eigenvalue weighted by molar-refractivity contribution is 4.72. The third-order valence-corrected chi connectivity index (χ3v) is 2.49. The molecule has 1 unspecified atom stereocenters. The van der Waals surface area contributed by atoms with Crippen molar-refractivity contribution >= 4 is 0 Å². The minimum Gasteiger partial charge on any atom is -0.393 e. The molecule has 1 rings (SSSR count). The Morgan fingerprint density at radius 1 is 1.23 bits per heavy atom. The Hall–Kier alpha value is -0.120. The third-order valence-electron chi connectivity index (χ3n) is 2.49. The van der Waals surface area contributed by atoms with Crippen molar-refractivity contribution < 1.29 is 14.9 Å². The first-order valence-electron chi connectivity index (χ1n) is 5.24. The maximum atomic E-state index is 9.37. The Labute approximate surface area is 79.7 Å². The van der Waals surface area contributed by atoms with Crippen LogP contribution in [-0.2, 0) is 4.74 Å². The first-order valence-corrected chi connectivity index (χ1v) is 5.24. The van der Waals surface area contributed by atoms with Gasteiger partial charge in [0.15, 0.2) is 6.29 Å². The molecule has 0 bridgehead atoms. The van der Waals surface area contributed by atoms with Gasteiger partial charge in [0.05, 0.1) is 12.2 Å². The van der Waals surface area contributed by atoms with Crippen molar-refractivity contribution in [2.24, 2.45) is 0 Å². The Morgan fingerprint density at radius 3 is 2.62 bits per heavy atom. The summed E-state index contributed by atoms with van der Waals surface area (Å²) in [6, 6.07) is 0. The van der Waals surface area contributed by atoms with Gasteiger partial charge in [0.1, 0.15) is 0 Å². The van der Waals surface area contributed by atoms with Crippen LogP contribution in [0.5, 0.6) is 0 Å². The molecule has 2 N–H and O–H groups in total. The molecule has 0 aromatic rings.